The Morgan fingerprint density at radius 1 is 1.30 bits per heavy atom. The van der Waals surface area contributed by atoms with E-state index in [0.717, 1.165) is 0 Å². The molecule has 0 aromatic heterocycles. The van der Waals surface area contributed by atoms with Crippen LogP contribution in [0.5, 0.6) is 0 Å². The second-order valence-electron chi connectivity index (χ2n) is 2.81. The maximum absolute atomic E-state index is 9.63. The van der Waals surface area contributed by atoms with Gasteiger partial charge in [0.05, 0.1) is 5.60 Å². The normalized spacial score (nSPS) is 24.6. The van der Waals surface area contributed by atoms with E-state index in [2.05, 4.69) is 0 Å². The summed E-state index contributed by atoms with van der Waals surface area (Å²) in [6.07, 6.45) is 1.80. The van der Waals surface area contributed by atoms with Gasteiger partial charge in [0.1, 0.15) is 0 Å². The third kappa shape index (κ3) is 1.94. The van der Waals surface area contributed by atoms with Gasteiger partial charge in [-0.3, -0.25) is 0 Å². The molecule has 0 aliphatic carbocycles. The van der Waals surface area contributed by atoms with E-state index in [1.165, 1.54) is 0 Å². The fourth-order valence-corrected chi connectivity index (χ4v) is 1.21. The second kappa shape index (κ2) is 3.32. The Morgan fingerprint density at radius 3 is 2.40 bits per heavy atom. The molecule has 0 radical (unpaired) electrons. The van der Waals surface area contributed by atoms with Gasteiger partial charge in [-0.25, -0.2) is 0 Å². The van der Waals surface area contributed by atoms with Crippen LogP contribution in [0.15, 0.2) is 0 Å². The predicted octanol–water partition coefficient (Wildman–Crippen LogP) is -0.0897. The molecule has 0 aromatic rings. The molecule has 0 amide bonds. The Balaban J connectivity index is 2.32. The summed E-state index contributed by atoms with van der Waals surface area (Å²) < 4.78 is 5.07. The van der Waals surface area contributed by atoms with Crippen molar-refractivity contribution in [3.05, 3.63) is 0 Å². The largest absolute Gasteiger partial charge is 0.396 e. The molecule has 1 saturated heterocycles. The Hall–Kier alpha value is -0.120. The highest BCUT2D eigenvalue weighted by molar-refractivity contribution is 4.80. The van der Waals surface area contributed by atoms with E-state index < -0.39 is 5.60 Å². The lowest BCUT2D eigenvalue weighted by atomic mass is 9.91. The molecule has 3 nitrogen and oxygen atoms in total. The van der Waals surface area contributed by atoms with Crippen molar-refractivity contribution in [2.75, 3.05) is 19.8 Å². The molecule has 0 unspecified atom stereocenters. The monoisotopic (exact) mass is 146 g/mol. The quantitative estimate of drug-likeness (QED) is 0.572. The topological polar surface area (TPSA) is 49.7 Å². The zero-order valence-corrected chi connectivity index (χ0v) is 6.05. The van der Waals surface area contributed by atoms with Gasteiger partial charge in [-0.2, -0.15) is 0 Å². The highest BCUT2D eigenvalue weighted by Crippen LogP contribution is 2.23. The zero-order valence-electron chi connectivity index (χ0n) is 6.05. The van der Waals surface area contributed by atoms with Crippen molar-refractivity contribution in [1.29, 1.82) is 0 Å². The van der Waals surface area contributed by atoms with E-state index >= 15 is 0 Å². The highest BCUT2D eigenvalue weighted by atomic mass is 16.5. The minimum absolute atomic E-state index is 0.0660. The molecule has 0 atom stereocenters. The van der Waals surface area contributed by atoms with Gasteiger partial charge in [0.15, 0.2) is 0 Å². The molecule has 0 saturated carbocycles. The van der Waals surface area contributed by atoms with E-state index in [4.69, 9.17) is 9.84 Å². The minimum Gasteiger partial charge on any atom is -0.396 e. The van der Waals surface area contributed by atoms with Crippen LogP contribution in [0.4, 0.5) is 0 Å². The average molecular weight is 146 g/mol. The van der Waals surface area contributed by atoms with Crippen molar-refractivity contribution in [3.8, 4) is 0 Å². The number of aliphatic hydroxyl groups is 2. The van der Waals surface area contributed by atoms with Gasteiger partial charge in [0, 0.05) is 19.8 Å². The summed E-state index contributed by atoms with van der Waals surface area (Å²) in [5, 5.41) is 18.2. The van der Waals surface area contributed by atoms with Crippen LogP contribution in [-0.4, -0.2) is 35.6 Å². The van der Waals surface area contributed by atoms with Gasteiger partial charge in [-0.05, 0) is 19.3 Å². The van der Waals surface area contributed by atoms with Crippen molar-refractivity contribution >= 4 is 0 Å². The van der Waals surface area contributed by atoms with Crippen LogP contribution < -0.4 is 0 Å². The van der Waals surface area contributed by atoms with E-state index in [1.54, 1.807) is 0 Å². The van der Waals surface area contributed by atoms with E-state index in [9.17, 15) is 5.11 Å². The third-order valence-electron chi connectivity index (χ3n) is 2.00. The lowest BCUT2D eigenvalue weighted by Crippen LogP contribution is -2.36. The zero-order chi connectivity index (χ0) is 7.45. The summed E-state index contributed by atoms with van der Waals surface area (Å²) >= 11 is 0. The van der Waals surface area contributed by atoms with Gasteiger partial charge >= 0.3 is 0 Å². The average Bonchev–Trinajstić information content (AvgIpc) is 1.89. The summed E-state index contributed by atoms with van der Waals surface area (Å²) in [4.78, 5) is 0. The number of aliphatic hydroxyl groups excluding tert-OH is 1. The molecular weight excluding hydrogens is 132 g/mol. The van der Waals surface area contributed by atoms with Crippen LogP contribution in [0.25, 0.3) is 0 Å². The van der Waals surface area contributed by atoms with E-state index in [0.29, 0.717) is 32.5 Å². The van der Waals surface area contributed by atoms with Crippen LogP contribution in [0, 0.1) is 0 Å². The molecule has 0 aromatic carbocycles. The fourth-order valence-electron chi connectivity index (χ4n) is 1.21. The summed E-state index contributed by atoms with van der Waals surface area (Å²) in [6, 6.07) is 0. The molecule has 1 rings (SSSR count). The third-order valence-corrected chi connectivity index (χ3v) is 2.00. The molecule has 1 heterocycles. The van der Waals surface area contributed by atoms with Crippen LogP contribution >= 0.6 is 0 Å². The van der Waals surface area contributed by atoms with Crippen LogP contribution in [-0.2, 0) is 4.74 Å². The van der Waals surface area contributed by atoms with Crippen LogP contribution in [0.3, 0.4) is 0 Å². The molecule has 10 heavy (non-hydrogen) atoms. The van der Waals surface area contributed by atoms with Gasteiger partial charge < -0.3 is 14.9 Å². The summed E-state index contributed by atoms with van der Waals surface area (Å²) in [5.74, 6) is 0. The highest BCUT2D eigenvalue weighted by Gasteiger charge is 2.28. The van der Waals surface area contributed by atoms with E-state index in [1.807, 2.05) is 0 Å². The van der Waals surface area contributed by atoms with Gasteiger partial charge in [-0.1, -0.05) is 0 Å². The molecular formula is C7H14O3. The first kappa shape index (κ1) is 7.98. The fraction of sp³-hybridized carbons (Fsp3) is 1.00. The molecule has 3 heteroatoms. The Morgan fingerprint density at radius 2 is 1.90 bits per heavy atom. The number of hydrogen-bond donors (Lipinski definition) is 2. The summed E-state index contributed by atoms with van der Waals surface area (Å²) in [5.41, 5.74) is -0.646. The van der Waals surface area contributed by atoms with Gasteiger partial charge in [0.25, 0.3) is 0 Å². The van der Waals surface area contributed by atoms with Crippen molar-refractivity contribution < 1.29 is 14.9 Å². The first-order chi connectivity index (χ1) is 4.77. The second-order valence-corrected chi connectivity index (χ2v) is 2.81. The molecule has 0 bridgehead atoms. The first-order valence-corrected chi connectivity index (χ1v) is 3.68. The van der Waals surface area contributed by atoms with Crippen LogP contribution in [0.1, 0.15) is 19.3 Å². The Kier molecular flexibility index (Phi) is 2.65. The maximum atomic E-state index is 9.63. The van der Waals surface area contributed by atoms with Crippen molar-refractivity contribution in [1.82, 2.24) is 0 Å². The standard InChI is InChI=1S/C7H14O3/c8-4-1-7(9)2-5-10-6-3-7/h8-9H,1-6H2. The predicted molar refractivity (Wildman–Crippen MR) is 36.7 cm³/mol. The smallest absolute Gasteiger partial charge is 0.0713 e. The first-order valence-electron chi connectivity index (χ1n) is 3.68. The summed E-state index contributed by atoms with van der Waals surface area (Å²) in [7, 11) is 0. The Bertz CT molecular complexity index is 91.5. The SMILES string of the molecule is OCCC1(O)CCOCC1. The molecule has 60 valence electrons. The minimum atomic E-state index is -0.646. The van der Waals surface area contributed by atoms with E-state index in [-0.39, 0.29) is 6.61 Å². The number of ether oxygens (including phenoxy) is 1. The van der Waals surface area contributed by atoms with Gasteiger partial charge in [-0.15, -0.1) is 0 Å². The molecule has 2 N–H and O–H groups in total. The molecule has 1 fully saturated rings. The van der Waals surface area contributed by atoms with Crippen molar-refractivity contribution in [2.45, 2.75) is 24.9 Å². The van der Waals surface area contributed by atoms with Crippen molar-refractivity contribution in [2.24, 2.45) is 0 Å². The Labute approximate surface area is 60.6 Å². The lowest BCUT2D eigenvalue weighted by Gasteiger charge is -2.31. The molecule has 0 spiro atoms. The summed E-state index contributed by atoms with van der Waals surface area (Å²) in [6.45, 7) is 1.31. The van der Waals surface area contributed by atoms with Crippen LogP contribution in [0.2, 0.25) is 0 Å². The number of rotatable bonds is 2. The van der Waals surface area contributed by atoms with Gasteiger partial charge in [0.2, 0.25) is 0 Å². The molecule has 1 aliphatic heterocycles. The lowest BCUT2D eigenvalue weighted by molar-refractivity contribution is -0.0743. The number of hydrogen-bond acceptors (Lipinski definition) is 3. The van der Waals surface area contributed by atoms with Crippen molar-refractivity contribution in [3.63, 3.8) is 0 Å². The maximum Gasteiger partial charge on any atom is 0.0713 e. The molecule has 1 aliphatic rings.